The molecule has 0 amide bonds. The maximum absolute atomic E-state index is 4.03. The Bertz CT molecular complexity index is 144. The second-order valence-electron chi connectivity index (χ2n) is 2.17. The summed E-state index contributed by atoms with van der Waals surface area (Å²) in [7, 11) is 0. The molecule has 2 nitrogen and oxygen atoms in total. The molecule has 1 aromatic heterocycles. The number of hydrogen-bond donors (Lipinski definition) is 1. The standard InChI is InChI=1S/C7H12N2/c1-2-3-4-7-5-6-8-9-7/h5-6H,2-4H2,1H3,(H,8,9). The summed E-state index contributed by atoms with van der Waals surface area (Å²) in [6, 6.07) is 2.02. The maximum Gasteiger partial charge on any atom is 0.0622 e. The van der Waals surface area contributed by atoms with E-state index in [1.807, 2.05) is 12.3 Å². The molecule has 50 valence electrons. The van der Waals surface area contributed by atoms with Crippen LogP contribution in [0.25, 0.3) is 0 Å². The van der Waals surface area contributed by atoms with E-state index in [2.05, 4.69) is 17.1 Å². The van der Waals surface area contributed by atoms with Crippen LogP contribution in [0.3, 0.4) is 0 Å². The first kappa shape index (κ1) is 6.33. The molecule has 1 N–H and O–H groups in total. The normalized spacial score (nSPS) is 9.89. The summed E-state index contributed by atoms with van der Waals surface area (Å²) in [6.07, 6.45) is 5.46. The smallest absolute Gasteiger partial charge is 0.0622 e. The van der Waals surface area contributed by atoms with Crippen molar-refractivity contribution in [1.29, 1.82) is 0 Å². The van der Waals surface area contributed by atoms with Crippen LogP contribution in [0, 0.1) is 0 Å². The Morgan fingerprint density at radius 1 is 1.67 bits per heavy atom. The maximum atomic E-state index is 4.03. The molecule has 0 aliphatic heterocycles. The minimum absolute atomic E-state index is 1.11. The summed E-state index contributed by atoms with van der Waals surface area (Å²) in [4.78, 5) is 0. The lowest BCUT2D eigenvalue weighted by molar-refractivity contribution is 0.772. The van der Waals surface area contributed by atoms with Crippen LogP contribution < -0.4 is 0 Å². The van der Waals surface area contributed by atoms with Gasteiger partial charge < -0.3 is 0 Å². The first-order valence-electron chi connectivity index (χ1n) is 3.42. The largest absolute Gasteiger partial charge is 0.285 e. The van der Waals surface area contributed by atoms with Crippen LogP contribution in [0.1, 0.15) is 25.5 Å². The Balaban J connectivity index is 2.30. The summed E-state index contributed by atoms with van der Waals surface area (Å²) < 4.78 is 0. The Kier molecular flexibility index (Phi) is 2.31. The fourth-order valence-electron chi connectivity index (χ4n) is 0.788. The van der Waals surface area contributed by atoms with Gasteiger partial charge in [0, 0.05) is 6.20 Å². The molecule has 0 saturated carbocycles. The van der Waals surface area contributed by atoms with Gasteiger partial charge in [-0.25, -0.2) is 0 Å². The van der Waals surface area contributed by atoms with Gasteiger partial charge in [-0.15, -0.1) is 0 Å². The SMILES string of the molecule is CCCCc1cc[nH]n1. The molecule has 0 aliphatic rings. The van der Waals surface area contributed by atoms with Gasteiger partial charge in [-0.1, -0.05) is 13.3 Å². The number of H-pyrrole nitrogens is 1. The van der Waals surface area contributed by atoms with Gasteiger partial charge >= 0.3 is 0 Å². The van der Waals surface area contributed by atoms with Crippen LogP contribution in [-0.4, -0.2) is 10.2 Å². The van der Waals surface area contributed by atoms with Gasteiger partial charge in [0.05, 0.1) is 5.69 Å². The van der Waals surface area contributed by atoms with E-state index in [1.165, 1.54) is 18.5 Å². The molecular weight excluding hydrogens is 112 g/mol. The van der Waals surface area contributed by atoms with Crippen molar-refractivity contribution in [3.63, 3.8) is 0 Å². The molecule has 1 heterocycles. The minimum atomic E-state index is 1.11. The zero-order chi connectivity index (χ0) is 6.53. The topological polar surface area (TPSA) is 28.7 Å². The lowest BCUT2D eigenvalue weighted by Crippen LogP contribution is -1.83. The van der Waals surface area contributed by atoms with Crippen LogP contribution in [0.4, 0.5) is 0 Å². The highest BCUT2D eigenvalue weighted by Gasteiger charge is 1.90. The van der Waals surface area contributed by atoms with Crippen LogP contribution in [0.2, 0.25) is 0 Å². The van der Waals surface area contributed by atoms with Crippen molar-refractivity contribution in [1.82, 2.24) is 10.2 Å². The Hall–Kier alpha value is -0.790. The number of aromatic nitrogens is 2. The first-order valence-corrected chi connectivity index (χ1v) is 3.42. The lowest BCUT2D eigenvalue weighted by Gasteiger charge is -1.89. The van der Waals surface area contributed by atoms with Crippen LogP contribution in [0.5, 0.6) is 0 Å². The number of nitrogens with zero attached hydrogens (tertiary/aromatic N) is 1. The Morgan fingerprint density at radius 3 is 3.11 bits per heavy atom. The molecular formula is C7H12N2. The van der Waals surface area contributed by atoms with E-state index in [9.17, 15) is 0 Å². The number of aryl methyl sites for hydroxylation is 1. The number of aromatic amines is 1. The molecule has 0 bridgehead atoms. The number of hydrogen-bond acceptors (Lipinski definition) is 1. The lowest BCUT2D eigenvalue weighted by atomic mass is 10.2. The third-order valence-electron chi connectivity index (χ3n) is 1.34. The number of unbranched alkanes of at least 4 members (excludes halogenated alkanes) is 1. The molecule has 0 atom stereocenters. The summed E-state index contributed by atoms with van der Waals surface area (Å²) in [6.45, 7) is 2.19. The van der Waals surface area contributed by atoms with Crippen molar-refractivity contribution in [2.45, 2.75) is 26.2 Å². The Morgan fingerprint density at radius 2 is 2.56 bits per heavy atom. The third kappa shape index (κ3) is 1.88. The summed E-state index contributed by atoms with van der Waals surface area (Å²) in [5, 5.41) is 6.82. The van der Waals surface area contributed by atoms with Crippen molar-refractivity contribution < 1.29 is 0 Å². The first-order chi connectivity index (χ1) is 4.43. The third-order valence-corrected chi connectivity index (χ3v) is 1.34. The average molecular weight is 124 g/mol. The molecule has 0 spiro atoms. The zero-order valence-electron chi connectivity index (χ0n) is 5.72. The predicted octanol–water partition coefficient (Wildman–Crippen LogP) is 1.75. The molecule has 0 aliphatic carbocycles. The van der Waals surface area contributed by atoms with Crippen LogP contribution in [-0.2, 0) is 6.42 Å². The summed E-state index contributed by atoms with van der Waals surface area (Å²) >= 11 is 0. The zero-order valence-corrected chi connectivity index (χ0v) is 5.72. The van der Waals surface area contributed by atoms with E-state index in [4.69, 9.17) is 0 Å². The summed E-state index contributed by atoms with van der Waals surface area (Å²) in [5.74, 6) is 0. The molecule has 0 aromatic carbocycles. The molecule has 9 heavy (non-hydrogen) atoms. The van der Waals surface area contributed by atoms with Gasteiger partial charge in [0.25, 0.3) is 0 Å². The highest BCUT2D eigenvalue weighted by atomic mass is 15.1. The van der Waals surface area contributed by atoms with Crippen molar-refractivity contribution in [3.05, 3.63) is 18.0 Å². The monoisotopic (exact) mass is 124 g/mol. The molecule has 1 rings (SSSR count). The minimum Gasteiger partial charge on any atom is -0.285 e. The van der Waals surface area contributed by atoms with Crippen molar-refractivity contribution in [2.24, 2.45) is 0 Å². The van der Waals surface area contributed by atoms with Gasteiger partial charge in [-0.2, -0.15) is 5.10 Å². The van der Waals surface area contributed by atoms with Crippen LogP contribution >= 0.6 is 0 Å². The van der Waals surface area contributed by atoms with E-state index in [0.717, 1.165) is 6.42 Å². The predicted molar refractivity (Wildman–Crippen MR) is 37.2 cm³/mol. The average Bonchev–Trinajstić information content (AvgIpc) is 2.34. The van der Waals surface area contributed by atoms with E-state index in [-0.39, 0.29) is 0 Å². The molecule has 0 fully saturated rings. The van der Waals surface area contributed by atoms with Gasteiger partial charge in [0.1, 0.15) is 0 Å². The van der Waals surface area contributed by atoms with Crippen molar-refractivity contribution >= 4 is 0 Å². The molecule has 0 radical (unpaired) electrons. The molecule has 0 unspecified atom stereocenters. The molecule has 0 saturated heterocycles. The number of rotatable bonds is 3. The van der Waals surface area contributed by atoms with Crippen molar-refractivity contribution in [3.8, 4) is 0 Å². The quantitative estimate of drug-likeness (QED) is 0.653. The Labute approximate surface area is 55.3 Å². The van der Waals surface area contributed by atoms with Gasteiger partial charge in [-0.3, -0.25) is 5.10 Å². The van der Waals surface area contributed by atoms with Crippen LogP contribution in [0.15, 0.2) is 12.3 Å². The van der Waals surface area contributed by atoms with Gasteiger partial charge in [0.15, 0.2) is 0 Å². The van der Waals surface area contributed by atoms with E-state index >= 15 is 0 Å². The highest BCUT2D eigenvalue weighted by Crippen LogP contribution is 1.98. The van der Waals surface area contributed by atoms with E-state index < -0.39 is 0 Å². The molecule has 2 heteroatoms. The second kappa shape index (κ2) is 3.28. The number of nitrogens with one attached hydrogen (secondary N) is 1. The van der Waals surface area contributed by atoms with E-state index in [0.29, 0.717) is 0 Å². The fourth-order valence-corrected chi connectivity index (χ4v) is 0.788. The van der Waals surface area contributed by atoms with E-state index in [1.54, 1.807) is 0 Å². The highest BCUT2D eigenvalue weighted by molar-refractivity contribution is 4.96. The fraction of sp³-hybridized carbons (Fsp3) is 0.571. The molecule has 1 aromatic rings. The van der Waals surface area contributed by atoms with Gasteiger partial charge in [0.2, 0.25) is 0 Å². The summed E-state index contributed by atoms with van der Waals surface area (Å²) in [5.41, 5.74) is 1.18. The van der Waals surface area contributed by atoms with Gasteiger partial charge in [-0.05, 0) is 18.9 Å². The van der Waals surface area contributed by atoms with Crippen molar-refractivity contribution in [2.75, 3.05) is 0 Å². The second-order valence-corrected chi connectivity index (χ2v) is 2.17.